The van der Waals surface area contributed by atoms with Crippen molar-refractivity contribution in [2.45, 2.75) is 0 Å². The Morgan fingerprint density at radius 1 is 0.460 bits per heavy atom. The molecule has 0 aliphatic carbocycles. The van der Waals surface area contributed by atoms with Crippen LogP contribution < -0.4 is 0 Å². The molecule has 7 aromatic carbocycles. The zero-order chi connectivity index (χ0) is 32.8. The Kier molecular flexibility index (Phi) is 5.80. The van der Waals surface area contributed by atoms with Crippen molar-refractivity contribution in [2.75, 3.05) is 0 Å². The lowest BCUT2D eigenvalue weighted by Crippen LogP contribution is -1.99. The zero-order valence-corrected chi connectivity index (χ0v) is 27.5. The van der Waals surface area contributed by atoms with E-state index in [0.29, 0.717) is 5.82 Å². The molecule has 0 fully saturated rings. The maximum absolute atomic E-state index is 5.28. The molecule has 0 unspecified atom stereocenters. The van der Waals surface area contributed by atoms with Crippen LogP contribution in [0.25, 0.3) is 103 Å². The van der Waals surface area contributed by atoms with Crippen molar-refractivity contribution in [1.29, 1.82) is 0 Å². The van der Waals surface area contributed by atoms with E-state index in [2.05, 4.69) is 156 Å². The van der Waals surface area contributed by atoms with Crippen LogP contribution in [0.15, 0.2) is 158 Å². The first-order valence-electron chi connectivity index (χ1n) is 16.8. The van der Waals surface area contributed by atoms with Gasteiger partial charge in [0.15, 0.2) is 5.82 Å². The molecule has 0 bridgehead atoms. The van der Waals surface area contributed by atoms with Crippen LogP contribution in [-0.4, -0.2) is 19.5 Å². The molecule has 0 aliphatic heterocycles. The second-order valence-corrected chi connectivity index (χ2v) is 13.9. The first kappa shape index (κ1) is 27.5. The maximum Gasteiger partial charge on any atom is 0.162 e. The van der Waals surface area contributed by atoms with Gasteiger partial charge in [0.1, 0.15) is 10.6 Å². The molecule has 0 radical (unpaired) electrons. The van der Waals surface area contributed by atoms with Crippen LogP contribution in [0.2, 0.25) is 0 Å². The fourth-order valence-corrected chi connectivity index (χ4v) is 8.82. The third kappa shape index (κ3) is 4.01. The van der Waals surface area contributed by atoms with Crippen molar-refractivity contribution in [1.82, 2.24) is 19.5 Å². The highest BCUT2D eigenvalue weighted by Crippen LogP contribution is 2.42. The fraction of sp³-hybridized carbons (Fsp3) is 0. The number of hydrogen-bond acceptors (Lipinski definition) is 4. The minimum absolute atomic E-state index is 0.672. The van der Waals surface area contributed by atoms with E-state index in [9.17, 15) is 0 Å². The van der Waals surface area contributed by atoms with E-state index in [4.69, 9.17) is 15.0 Å². The zero-order valence-electron chi connectivity index (χ0n) is 26.7. The third-order valence-corrected chi connectivity index (χ3v) is 11.1. The van der Waals surface area contributed by atoms with Crippen molar-refractivity contribution < 1.29 is 0 Å². The lowest BCUT2D eigenvalue weighted by Gasteiger charge is -2.10. The summed E-state index contributed by atoms with van der Waals surface area (Å²) in [7, 11) is 0. The van der Waals surface area contributed by atoms with Gasteiger partial charge in [-0.1, -0.05) is 115 Å². The number of benzene rings is 7. The van der Waals surface area contributed by atoms with Crippen LogP contribution in [0.3, 0.4) is 0 Å². The van der Waals surface area contributed by atoms with Gasteiger partial charge < -0.3 is 0 Å². The molecule has 0 amide bonds. The van der Waals surface area contributed by atoms with Gasteiger partial charge in [0.2, 0.25) is 0 Å². The first-order valence-corrected chi connectivity index (χ1v) is 17.6. The molecule has 0 N–H and O–H groups in total. The quantitative estimate of drug-likeness (QED) is 0.190. The number of nitrogens with zero attached hydrogens (tertiary/aromatic N) is 4. The molecule has 0 atom stereocenters. The molecular weight excluding hydrogens is 629 g/mol. The van der Waals surface area contributed by atoms with Gasteiger partial charge in [0, 0.05) is 43.6 Å². The standard InChI is InChI=1S/C45H26N4S/c1-2-12-30-25-31(18-17-27(30)9-1)43-42-35-15-7-8-16-38(35)50-45(42)48-44(47-43)32-21-24-39(46-26-32)49-36-22-19-28-10-3-5-13-33(28)40(36)41-34-14-6-4-11-29(34)20-23-37(41)49/h1-26H. The van der Waals surface area contributed by atoms with E-state index < -0.39 is 0 Å². The van der Waals surface area contributed by atoms with Crippen molar-refractivity contribution in [3.8, 4) is 28.5 Å². The highest BCUT2D eigenvalue weighted by atomic mass is 32.1. The molecular formula is C45H26N4S. The highest BCUT2D eigenvalue weighted by molar-refractivity contribution is 7.25. The minimum Gasteiger partial charge on any atom is -0.294 e. The second kappa shape index (κ2) is 10.5. The van der Waals surface area contributed by atoms with Gasteiger partial charge in [-0.15, -0.1) is 11.3 Å². The van der Waals surface area contributed by atoms with E-state index in [1.54, 1.807) is 11.3 Å². The lowest BCUT2D eigenvalue weighted by molar-refractivity contribution is 1.08. The van der Waals surface area contributed by atoms with Crippen LogP contribution in [0.1, 0.15) is 0 Å². The lowest BCUT2D eigenvalue weighted by atomic mass is 10.00. The summed E-state index contributed by atoms with van der Waals surface area (Å²) in [6.45, 7) is 0. The molecule has 11 aromatic rings. The monoisotopic (exact) mass is 654 g/mol. The number of thiophene rings is 1. The maximum atomic E-state index is 5.28. The average molecular weight is 655 g/mol. The Balaban J connectivity index is 1.12. The van der Waals surface area contributed by atoms with Gasteiger partial charge in [-0.3, -0.25) is 4.57 Å². The summed E-state index contributed by atoms with van der Waals surface area (Å²) in [5.41, 5.74) is 5.18. The summed E-state index contributed by atoms with van der Waals surface area (Å²) in [6, 6.07) is 54.0. The molecule has 4 nitrogen and oxygen atoms in total. The van der Waals surface area contributed by atoms with Gasteiger partial charge in [-0.25, -0.2) is 15.0 Å². The Morgan fingerprint density at radius 3 is 1.76 bits per heavy atom. The predicted octanol–water partition coefficient (Wildman–Crippen LogP) is 12.1. The fourth-order valence-electron chi connectivity index (χ4n) is 7.74. The molecule has 0 saturated carbocycles. The molecule has 0 aliphatic rings. The largest absolute Gasteiger partial charge is 0.294 e. The van der Waals surface area contributed by atoms with E-state index in [1.807, 2.05) is 6.20 Å². The van der Waals surface area contributed by atoms with Crippen LogP contribution in [0.5, 0.6) is 0 Å². The minimum atomic E-state index is 0.672. The van der Waals surface area contributed by atoms with E-state index >= 15 is 0 Å². The van der Waals surface area contributed by atoms with Crippen molar-refractivity contribution in [2.24, 2.45) is 0 Å². The number of fused-ring (bicyclic) bond motifs is 11. The molecule has 50 heavy (non-hydrogen) atoms. The van der Waals surface area contributed by atoms with Crippen LogP contribution in [0, 0.1) is 0 Å². The van der Waals surface area contributed by atoms with Crippen LogP contribution >= 0.6 is 11.3 Å². The third-order valence-electron chi connectivity index (χ3n) is 10.0. The SMILES string of the molecule is c1ccc2cc(-c3nc(-c4ccc(-n5c6ccc7ccccc7c6c6c7ccccc7ccc65)nc4)nc4sc5ccccc5c34)ccc2c1. The highest BCUT2D eigenvalue weighted by Gasteiger charge is 2.20. The Labute approximate surface area is 290 Å². The van der Waals surface area contributed by atoms with Crippen molar-refractivity contribution in [3.63, 3.8) is 0 Å². The molecule has 5 heteroatoms. The Hall–Kier alpha value is -6.43. The molecule has 4 aromatic heterocycles. The summed E-state index contributed by atoms with van der Waals surface area (Å²) < 4.78 is 3.50. The van der Waals surface area contributed by atoms with Gasteiger partial charge in [0.05, 0.1) is 16.7 Å². The number of hydrogen-bond donors (Lipinski definition) is 0. The van der Waals surface area contributed by atoms with E-state index in [1.165, 1.54) is 53.2 Å². The van der Waals surface area contributed by atoms with Crippen LogP contribution in [0.4, 0.5) is 0 Å². The summed E-state index contributed by atoms with van der Waals surface area (Å²) in [5.74, 6) is 1.53. The molecule has 0 spiro atoms. The summed E-state index contributed by atoms with van der Waals surface area (Å²) in [5, 5.41) is 12.1. The molecule has 4 heterocycles. The number of pyridine rings is 1. The van der Waals surface area contributed by atoms with Crippen molar-refractivity contribution >= 4 is 85.8 Å². The molecule has 0 saturated heterocycles. The smallest absolute Gasteiger partial charge is 0.162 e. The number of rotatable bonds is 3. The van der Waals surface area contributed by atoms with Crippen molar-refractivity contribution in [3.05, 3.63) is 158 Å². The van der Waals surface area contributed by atoms with Gasteiger partial charge >= 0.3 is 0 Å². The topological polar surface area (TPSA) is 43.6 Å². The molecule has 11 rings (SSSR count). The predicted molar refractivity (Wildman–Crippen MR) is 210 cm³/mol. The average Bonchev–Trinajstić information content (AvgIpc) is 3.74. The summed E-state index contributed by atoms with van der Waals surface area (Å²) in [4.78, 5) is 16.5. The summed E-state index contributed by atoms with van der Waals surface area (Å²) >= 11 is 1.71. The van der Waals surface area contributed by atoms with Crippen LogP contribution in [-0.2, 0) is 0 Å². The number of aromatic nitrogens is 4. The van der Waals surface area contributed by atoms with E-state index in [0.717, 1.165) is 43.9 Å². The van der Waals surface area contributed by atoms with Gasteiger partial charge in [0.25, 0.3) is 0 Å². The Morgan fingerprint density at radius 2 is 1.06 bits per heavy atom. The molecule has 232 valence electrons. The second-order valence-electron chi connectivity index (χ2n) is 12.8. The van der Waals surface area contributed by atoms with Gasteiger partial charge in [-0.05, 0) is 68.7 Å². The first-order chi connectivity index (χ1) is 24.8. The normalized spacial score (nSPS) is 12.0. The van der Waals surface area contributed by atoms with Gasteiger partial charge in [-0.2, -0.15) is 0 Å². The van der Waals surface area contributed by atoms with E-state index in [-0.39, 0.29) is 0 Å². The Bertz CT molecular complexity index is 3060. The summed E-state index contributed by atoms with van der Waals surface area (Å²) in [6.07, 6.45) is 1.92.